The maximum atomic E-state index is 13.6. The molecule has 13 heteroatoms. The zero-order valence-corrected chi connectivity index (χ0v) is 19.5. The molecule has 3 unspecified atom stereocenters. The molecule has 182 valence electrons. The summed E-state index contributed by atoms with van der Waals surface area (Å²) in [6, 6.07) is 5.49. The molecule has 1 fully saturated rings. The summed E-state index contributed by atoms with van der Waals surface area (Å²) in [5, 5.41) is 39.8. The second kappa shape index (κ2) is 10.4. The zero-order chi connectivity index (χ0) is 24.6. The fourth-order valence-corrected chi connectivity index (χ4v) is 5.02. The van der Waals surface area contributed by atoms with Crippen molar-refractivity contribution in [3.05, 3.63) is 69.6 Å². The molecule has 2 aromatic carbocycles. The normalized spacial score (nSPS) is 25.0. The van der Waals surface area contributed by atoms with Crippen LogP contribution in [-0.4, -0.2) is 60.7 Å². The molecule has 0 saturated carbocycles. The number of hydrogen-bond donors (Lipinski definition) is 3. The molecular weight excluding hydrogens is 518 g/mol. The van der Waals surface area contributed by atoms with Gasteiger partial charge in [-0.15, -0.1) is 16.9 Å². The van der Waals surface area contributed by atoms with Crippen molar-refractivity contribution < 1.29 is 33.2 Å². The van der Waals surface area contributed by atoms with E-state index in [1.54, 1.807) is 18.2 Å². The second-order valence-electron chi connectivity index (χ2n) is 7.59. The number of rotatable bonds is 6. The monoisotopic (exact) mass is 535 g/mol. The molecule has 7 nitrogen and oxygen atoms in total. The zero-order valence-electron chi connectivity index (χ0n) is 17.2. The van der Waals surface area contributed by atoms with Gasteiger partial charge in [-0.1, -0.05) is 34.5 Å². The summed E-state index contributed by atoms with van der Waals surface area (Å²) in [7, 11) is 0. The Hall–Kier alpha value is -1.86. The molecule has 3 N–H and O–H groups in total. The highest BCUT2D eigenvalue weighted by atomic mass is 35.5. The van der Waals surface area contributed by atoms with Crippen LogP contribution in [0.1, 0.15) is 11.6 Å². The minimum atomic E-state index is -1.61. The molecule has 5 atom stereocenters. The van der Waals surface area contributed by atoms with Crippen molar-refractivity contribution in [3.63, 3.8) is 0 Å². The Morgan fingerprint density at radius 2 is 1.74 bits per heavy atom. The molecule has 0 radical (unpaired) electrons. The lowest BCUT2D eigenvalue weighted by molar-refractivity contribution is -0.178. The van der Waals surface area contributed by atoms with E-state index in [9.17, 15) is 28.5 Å². The van der Waals surface area contributed by atoms with Gasteiger partial charge in [-0.05, 0) is 29.8 Å². The van der Waals surface area contributed by atoms with Crippen molar-refractivity contribution in [2.24, 2.45) is 0 Å². The summed E-state index contributed by atoms with van der Waals surface area (Å²) in [5.74, 6) is -4.03. The summed E-state index contributed by atoms with van der Waals surface area (Å²) in [4.78, 5) is 0. The SMILES string of the molecule is OCC1O[C@H](SCc2ccc(Cl)c(Cl)c2)C(O)C(n2cc(-c3cc(F)c(F)c(F)c3)nn2)[C@H]1O. The Bertz CT molecular complexity index is 1160. The van der Waals surface area contributed by atoms with Gasteiger partial charge in [-0.25, -0.2) is 17.9 Å². The Morgan fingerprint density at radius 1 is 1.03 bits per heavy atom. The first-order chi connectivity index (χ1) is 16.2. The molecular formula is C21H18Cl2F3N3O4S. The third-order valence-corrected chi connectivity index (χ3v) is 7.30. The van der Waals surface area contributed by atoms with Crippen LogP contribution in [0.4, 0.5) is 13.2 Å². The van der Waals surface area contributed by atoms with Crippen LogP contribution in [0.15, 0.2) is 36.5 Å². The molecule has 3 aromatic rings. The molecule has 1 aliphatic rings. The van der Waals surface area contributed by atoms with Crippen molar-refractivity contribution in [3.8, 4) is 11.3 Å². The number of hydrogen-bond acceptors (Lipinski definition) is 7. The van der Waals surface area contributed by atoms with E-state index in [2.05, 4.69) is 10.3 Å². The number of nitrogens with zero attached hydrogens (tertiary/aromatic N) is 3. The first kappa shape index (κ1) is 25.2. The largest absolute Gasteiger partial charge is 0.394 e. The standard InChI is InChI=1S/C21H18Cl2F3N3O4S/c22-11-2-1-9(3-12(11)23)8-34-21-20(32)18(19(31)16(7-30)33-21)29-6-15(27-28-29)10-4-13(24)17(26)14(25)5-10/h1-6,16,18-21,30-32H,7-8H2/t16?,18?,19-,20?,21+/m0/s1. The predicted octanol–water partition coefficient (Wildman–Crippen LogP) is 3.58. The van der Waals surface area contributed by atoms with Gasteiger partial charge in [0.2, 0.25) is 0 Å². The van der Waals surface area contributed by atoms with E-state index >= 15 is 0 Å². The maximum Gasteiger partial charge on any atom is 0.194 e. The van der Waals surface area contributed by atoms with Gasteiger partial charge in [0, 0.05) is 11.3 Å². The number of ether oxygens (including phenoxy) is 1. The van der Waals surface area contributed by atoms with Crippen LogP contribution in [0, 0.1) is 17.5 Å². The number of aromatic nitrogens is 3. The minimum Gasteiger partial charge on any atom is -0.394 e. The van der Waals surface area contributed by atoms with Crippen LogP contribution in [0.3, 0.4) is 0 Å². The van der Waals surface area contributed by atoms with Crippen molar-refractivity contribution >= 4 is 35.0 Å². The fourth-order valence-electron chi connectivity index (χ4n) is 3.58. The molecule has 4 rings (SSSR count). The van der Waals surface area contributed by atoms with Gasteiger partial charge in [-0.2, -0.15) is 0 Å². The molecule has 1 aromatic heterocycles. The van der Waals surface area contributed by atoms with E-state index in [4.69, 9.17) is 27.9 Å². The average molecular weight is 536 g/mol. The molecule has 2 heterocycles. The molecule has 0 amide bonds. The van der Waals surface area contributed by atoms with Crippen molar-refractivity contribution in [1.29, 1.82) is 0 Å². The predicted molar refractivity (Wildman–Crippen MR) is 120 cm³/mol. The van der Waals surface area contributed by atoms with Crippen LogP contribution in [0.25, 0.3) is 11.3 Å². The Labute approximate surface area is 206 Å². The molecule has 34 heavy (non-hydrogen) atoms. The van der Waals surface area contributed by atoms with Crippen LogP contribution in [0.2, 0.25) is 10.0 Å². The molecule has 0 aliphatic carbocycles. The van der Waals surface area contributed by atoms with Crippen LogP contribution >= 0.6 is 35.0 Å². The molecule has 0 spiro atoms. The van der Waals surface area contributed by atoms with E-state index in [1.165, 1.54) is 18.0 Å². The summed E-state index contributed by atoms with van der Waals surface area (Å²) in [5.41, 5.74) is -0.164. The highest BCUT2D eigenvalue weighted by Crippen LogP contribution is 2.37. The van der Waals surface area contributed by atoms with Crippen LogP contribution in [0.5, 0.6) is 0 Å². The number of halogens is 5. The van der Waals surface area contributed by atoms with E-state index in [0.717, 1.165) is 22.4 Å². The van der Waals surface area contributed by atoms with Crippen molar-refractivity contribution in [2.45, 2.75) is 35.5 Å². The topological polar surface area (TPSA) is 101 Å². The number of thioether (sulfide) groups is 1. The first-order valence-corrected chi connectivity index (χ1v) is 11.7. The van der Waals surface area contributed by atoms with E-state index in [1.807, 2.05) is 0 Å². The van der Waals surface area contributed by atoms with E-state index in [-0.39, 0.29) is 11.3 Å². The minimum absolute atomic E-state index is 0.00995. The van der Waals surface area contributed by atoms with E-state index in [0.29, 0.717) is 15.8 Å². The first-order valence-electron chi connectivity index (χ1n) is 9.94. The highest BCUT2D eigenvalue weighted by molar-refractivity contribution is 7.99. The van der Waals surface area contributed by atoms with Crippen molar-refractivity contribution in [1.82, 2.24) is 15.0 Å². The summed E-state index contributed by atoms with van der Waals surface area (Å²) in [6.45, 7) is -0.538. The summed E-state index contributed by atoms with van der Waals surface area (Å²) in [6.07, 6.45) is -2.48. The average Bonchev–Trinajstić information content (AvgIpc) is 3.29. The third-order valence-electron chi connectivity index (χ3n) is 5.34. The van der Waals surface area contributed by atoms with Gasteiger partial charge in [0.05, 0.1) is 22.8 Å². The Balaban J connectivity index is 1.57. The summed E-state index contributed by atoms with van der Waals surface area (Å²) < 4.78 is 47.3. The van der Waals surface area contributed by atoms with Gasteiger partial charge in [0.25, 0.3) is 0 Å². The number of benzene rings is 2. The lowest BCUT2D eigenvalue weighted by atomic mass is 9.97. The van der Waals surface area contributed by atoms with Gasteiger partial charge in [0.15, 0.2) is 17.5 Å². The van der Waals surface area contributed by atoms with Gasteiger partial charge in [-0.3, -0.25) is 0 Å². The van der Waals surface area contributed by atoms with Crippen molar-refractivity contribution in [2.75, 3.05) is 6.61 Å². The fraction of sp³-hybridized carbons (Fsp3) is 0.333. The molecule has 1 aliphatic heterocycles. The molecule has 1 saturated heterocycles. The van der Waals surface area contributed by atoms with E-state index < -0.39 is 53.8 Å². The lowest BCUT2D eigenvalue weighted by Gasteiger charge is -2.41. The second-order valence-corrected chi connectivity index (χ2v) is 9.50. The van der Waals surface area contributed by atoms with Gasteiger partial charge >= 0.3 is 0 Å². The Morgan fingerprint density at radius 3 is 2.38 bits per heavy atom. The maximum absolute atomic E-state index is 13.6. The number of aliphatic hydroxyl groups excluding tert-OH is 3. The van der Waals surface area contributed by atoms with Gasteiger partial charge in [0.1, 0.15) is 35.5 Å². The van der Waals surface area contributed by atoms with Crippen LogP contribution in [-0.2, 0) is 10.5 Å². The lowest BCUT2D eigenvalue weighted by Crippen LogP contribution is -2.55. The molecule has 0 bridgehead atoms. The summed E-state index contributed by atoms with van der Waals surface area (Å²) >= 11 is 13.2. The third kappa shape index (κ3) is 5.06. The quantitative estimate of drug-likeness (QED) is 0.414. The highest BCUT2D eigenvalue weighted by Gasteiger charge is 2.46. The van der Waals surface area contributed by atoms with Gasteiger partial charge < -0.3 is 20.1 Å². The number of aliphatic hydroxyl groups is 3. The Kier molecular flexibility index (Phi) is 7.72. The van der Waals surface area contributed by atoms with Crippen LogP contribution < -0.4 is 0 Å². The smallest absolute Gasteiger partial charge is 0.194 e.